The van der Waals surface area contributed by atoms with Gasteiger partial charge in [0.05, 0.1) is 18.7 Å². The van der Waals surface area contributed by atoms with Gasteiger partial charge in [-0.2, -0.15) is 0 Å². The van der Waals surface area contributed by atoms with Crippen LogP contribution in [0.15, 0.2) is 18.2 Å². The van der Waals surface area contributed by atoms with Crippen molar-refractivity contribution in [2.24, 2.45) is 0 Å². The number of piperazine rings is 1. The Morgan fingerprint density at radius 1 is 1.19 bits per heavy atom. The topological polar surface area (TPSA) is 74.9 Å². The fourth-order valence-corrected chi connectivity index (χ4v) is 3.19. The van der Waals surface area contributed by atoms with Crippen LogP contribution in [0.1, 0.15) is 23.0 Å². The second kappa shape index (κ2) is 7.88. The van der Waals surface area contributed by atoms with Gasteiger partial charge in [-0.15, -0.1) is 0 Å². The van der Waals surface area contributed by atoms with E-state index < -0.39 is 0 Å². The van der Waals surface area contributed by atoms with Crippen LogP contribution in [0.3, 0.4) is 0 Å². The number of rotatable bonds is 5. The van der Waals surface area contributed by atoms with Crippen LogP contribution < -0.4 is 4.74 Å². The number of likely N-dealkylation sites (N-methyl/N-ethyl adjacent to an activating group) is 1. The summed E-state index contributed by atoms with van der Waals surface area (Å²) in [5.74, 6) is -0.239. The van der Waals surface area contributed by atoms with Crippen molar-refractivity contribution in [2.75, 3.05) is 46.4 Å². The summed E-state index contributed by atoms with van der Waals surface area (Å²) in [5, 5.41) is 0.700. The first-order valence-electron chi connectivity index (χ1n) is 8.89. The predicted octanol–water partition coefficient (Wildman–Crippen LogP) is 1.81. The molecule has 1 N–H and O–H groups in total. The summed E-state index contributed by atoms with van der Waals surface area (Å²) in [6.07, 6.45) is 0. The molecule has 1 aliphatic heterocycles. The van der Waals surface area contributed by atoms with Gasteiger partial charge in [0.1, 0.15) is 5.75 Å². The van der Waals surface area contributed by atoms with Gasteiger partial charge in [-0.3, -0.25) is 9.69 Å². The quantitative estimate of drug-likeness (QED) is 0.648. The molecular weight excluding hydrogens is 334 g/mol. The normalized spacial score (nSPS) is 16.0. The molecule has 7 heteroatoms. The number of fused-ring (bicyclic) bond motifs is 1. The Bertz CT molecular complexity index is 806. The Morgan fingerprint density at radius 2 is 1.92 bits per heavy atom. The van der Waals surface area contributed by atoms with Crippen molar-refractivity contribution in [3.63, 3.8) is 0 Å². The van der Waals surface area contributed by atoms with E-state index in [-0.39, 0.29) is 18.5 Å². The van der Waals surface area contributed by atoms with E-state index in [4.69, 9.17) is 9.47 Å². The van der Waals surface area contributed by atoms with E-state index >= 15 is 0 Å². The number of carbonyl (C=O) groups is 2. The molecule has 140 valence electrons. The Morgan fingerprint density at radius 3 is 2.62 bits per heavy atom. The lowest BCUT2D eigenvalue weighted by molar-refractivity contribution is -0.136. The van der Waals surface area contributed by atoms with Crippen molar-refractivity contribution in [2.45, 2.75) is 13.8 Å². The number of nitrogens with zero attached hydrogens (tertiary/aromatic N) is 2. The third-order valence-electron chi connectivity index (χ3n) is 4.62. The van der Waals surface area contributed by atoms with E-state index in [2.05, 4.69) is 21.8 Å². The number of nitrogens with one attached hydrogen (secondary N) is 1. The van der Waals surface area contributed by atoms with Crippen LogP contribution in [0, 0.1) is 6.92 Å². The van der Waals surface area contributed by atoms with Crippen LogP contribution in [0.5, 0.6) is 5.75 Å². The van der Waals surface area contributed by atoms with Gasteiger partial charge in [-0.25, -0.2) is 4.79 Å². The molecule has 1 aromatic heterocycles. The number of H-pyrrole nitrogens is 1. The highest BCUT2D eigenvalue weighted by Crippen LogP contribution is 2.27. The summed E-state index contributed by atoms with van der Waals surface area (Å²) < 4.78 is 10.6. The molecule has 26 heavy (non-hydrogen) atoms. The molecule has 1 aromatic carbocycles. The van der Waals surface area contributed by atoms with Crippen molar-refractivity contribution in [3.05, 3.63) is 29.5 Å². The van der Waals surface area contributed by atoms with E-state index in [9.17, 15) is 9.59 Å². The lowest BCUT2D eigenvalue weighted by Gasteiger charge is -2.31. The van der Waals surface area contributed by atoms with Gasteiger partial charge in [0.2, 0.25) is 0 Å². The molecular formula is C19H25N3O4. The minimum atomic E-state index is -0.378. The molecule has 7 nitrogen and oxygen atoms in total. The molecule has 0 saturated carbocycles. The van der Waals surface area contributed by atoms with Gasteiger partial charge in [0.15, 0.2) is 0 Å². The molecule has 2 aromatic rings. The molecule has 0 amide bonds. The summed E-state index contributed by atoms with van der Waals surface area (Å²) in [5.41, 5.74) is 2.03. The molecule has 1 fully saturated rings. The van der Waals surface area contributed by atoms with Crippen LogP contribution in [0.25, 0.3) is 10.9 Å². The summed E-state index contributed by atoms with van der Waals surface area (Å²) in [6.45, 7) is 7.78. The third-order valence-corrected chi connectivity index (χ3v) is 4.62. The largest absolute Gasteiger partial charge is 0.462 e. The first kappa shape index (κ1) is 18.4. The summed E-state index contributed by atoms with van der Waals surface area (Å²) in [4.78, 5) is 31.9. The zero-order valence-corrected chi connectivity index (χ0v) is 15.5. The van der Waals surface area contributed by atoms with Crippen LogP contribution in [0.4, 0.5) is 0 Å². The third kappa shape index (κ3) is 4.05. The smallest absolute Gasteiger partial charge is 0.340 e. The average molecular weight is 359 g/mol. The van der Waals surface area contributed by atoms with Crippen molar-refractivity contribution in [1.29, 1.82) is 0 Å². The fourth-order valence-electron chi connectivity index (χ4n) is 3.19. The molecule has 3 rings (SSSR count). The number of aromatic nitrogens is 1. The molecule has 0 spiro atoms. The molecule has 0 bridgehead atoms. The van der Waals surface area contributed by atoms with Crippen molar-refractivity contribution in [1.82, 2.24) is 14.8 Å². The SMILES string of the molecule is CCOC(=O)c1c(C)[nH]c2ccc(OC(=O)CN3CCN(C)CC3)cc12. The lowest BCUT2D eigenvalue weighted by Crippen LogP contribution is -2.46. The number of hydrogen-bond donors (Lipinski definition) is 1. The van der Waals surface area contributed by atoms with E-state index in [1.54, 1.807) is 19.1 Å². The van der Waals surface area contributed by atoms with E-state index in [1.807, 2.05) is 13.0 Å². The Labute approximate surface area is 152 Å². The monoisotopic (exact) mass is 359 g/mol. The van der Waals surface area contributed by atoms with E-state index in [0.29, 0.717) is 23.3 Å². The van der Waals surface area contributed by atoms with Gasteiger partial charge in [-0.05, 0) is 39.1 Å². The maximum atomic E-state index is 12.2. The zero-order chi connectivity index (χ0) is 18.7. The highest BCUT2D eigenvalue weighted by Gasteiger charge is 2.20. The second-order valence-corrected chi connectivity index (χ2v) is 6.61. The van der Waals surface area contributed by atoms with Crippen LogP contribution >= 0.6 is 0 Å². The molecule has 1 aliphatic rings. The van der Waals surface area contributed by atoms with Crippen molar-refractivity contribution in [3.8, 4) is 5.75 Å². The summed E-state index contributed by atoms with van der Waals surface area (Å²) in [6, 6.07) is 5.26. The maximum Gasteiger partial charge on any atom is 0.340 e. The standard InChI is InChI=1S/C19H25N3O4/c1-4-25-19(24)18-13(2)20-16-6-5-14(11-15(16)18)26-17(23)12-22-9-7-21(3)8-10-22/h5-6,11,20H,4,7-10,12H2,1-3H3. The minimum Gasteiger partial charge on any atom is -0.462 e. The average Bonchev–Trinajstić information content (AvgIpc) is 2.92. The molecule has 0 atom stereocenters. The lowest BCUT2D eigenvalue weighted by atomic mass is 10.1. The molecule has 0 radical (unpaired) electrons. The highest BCUT2D eigenvalue weighted by molar-refractivity contribution is 6.06. The minimum absolute atomic E-state index is 0.267. The van der Waals surface area contributed by atoms with Gasteiger partial charge in [0.25, 0.3) is 0 Å². The number of hydrogen-bond acceptors (Lipinski definition) is 6. The summed E-state index contributed by atoms with van der Waals surface area (Å²) >= 11 is 0. The molecule has 0 unspecified atom stereocenters. The predicted molar refractivity (Wildman–Crippen MR) is 98.6 cm³/mol. The number of benzene rings is 1. The van der Waals surface area contributed by atoms with Crippen LogP contribution in [0.2, 0.25) is 0 Å². The summed E-state index contributed by atoms with van der Waals surface area (Å²) in [7, 11) is 2.07. The highest BCUT2D eigenvalue weighted by atomic mass is 16.5. The number of ether oxygens (including phenoxy) is 2. The Hall–Kier alpha value is -2.38. The first-order chi connectivity index (χ1) is 12.5. The zero-order valence-electron chi connectivity index (χ0n) is 15.5. The van der Waals surface area contributed by atoms with Crippen molar-refractivity contribution < 1.29 is 19.1 Å². The van der Waals surface area contributed by atoms with E-state index in [1.165, 1.54) is 0 Å². The maximum absolute atomic E-state index is 12.2. The number of aromatic amines is 1. The van der Waals surface area contributed by atoms with Crippen LogP contribution in [-0.4, -0.2) is 73.1 Å². The number of carbonyl (C=O) groups excluding carboxylic acids is 2. The second-order valence-electron chi connectivity index (χ2n) is 6.61. The van der Waals surface area contributed by atoms with Crippen molar-refractivity contribution >= 4 is 22.8 Å². The first-order valence-corrected chi connectivity index (χ1v) is 8.89. The fraction of sp³-hybridized carbons (Fsp3) is 0.474. The van der Waals surface area contributed by atoms with Crippen LogP contribution in [-0.2, 0) is 9.53 Å². The van der Waals surface area contributed by atoms with E-state index in [0.717, 1.165) is 37.4 Å². The molecule has 0 aliphatic carbocycles. The van der Waals surface area contributed by atoms with Gasteiger partial charge in [0, 0.05) is 42.8 Å². The Balaban J connectivity index is 1.73. The molecule has 2 heterocycles. The Kier molecular flexibility index (Phi) is 5.58. The number of aryl methyl sites for hydroxylation is 1. The molecule has 1 saturated heterocycles. The van der Waals surface area contributed by atoms with Gasteiger partial charge in [-0.1, -0.05) is 0 Å². The van der Waals surface area contributed by atoms with Gasteiger partial charge < -0.3 is 19.4 Å². The number of esters is 2. The van der Waals surface area contributed by atoms with Gasteiger partial charge >= 0.3 is 11.9 Å².